The molecule has 4 heterocycles. The maximum atomic E-state index is 6.57. The van der Waals surface area contributed by atoms with E-state index in [0.717, 1.165) is 77.4 Å². The number of hydrogen-bond donors (Lipinski definition) is 0. The van der Waals surface area contributed by atoms with Crippen LogP contribution in [-0.2, 0) is 0 Å². The van der Waals surface area contributed by atoms with Gasteiger partial charge < -0.3 is 13.4 Å². The van der Waals surface area contributed by atoms with Crippen molar-refractivity contribution < 1.29 is 8.83 Å². The van der Waals surface area contributed by atoms with Crippen molar-refractivity contribution in [1.29, 1.82) is 0 Å². The summed E-state index contributed by atoms with van der Waals surface area (Å²) in [5.41, 5.74) is 13.8. The third-order valence-corrected chi connectivity index (χ3v) is 12.3. The fourth-order valence-corrected chi connectivity index (χ4v) is 9.23. The molecule has 0 bridgehead atoms. The summed E-state index contributed by atoms with van der Waals surface area (Å²) in [5.74, 6) is 1.67. The molecule has 6 heteroatoms. The van der Waals surface area contributed by atoms with Crippen LogP contribution in [0.15, 0.2) is 215 Å². The summed E-state index contributed by atoms with van der Waals surface area (Å²) in [5, 5.41) is 6.56. The Balaban J connectivity index is 0.929. The lowest BCUT2D eigenvalue weighted by molar-refractivity contribution is 0.668. The van der Waals surface area contributed by atoms with Crippen LogP contribution in [0.1, 0.15) is 0 Å². The van der Waals surface area contributed by atoms with E-state index in [1.165, 1.54) is 32.9 Å². The zero-order valence-electron chi connectivity index (χ0n) is 33.7. The monoisotopic (exact) mass is 806 g/mol. The van der Waals surface area contributed by atoms with E-state index in [4.69, 9.17) is 23.8 Å². The fourth-order valence-electron chi connectivity index (χ4n) is 9.23. The summed E-state index contributed by atoms with van der Waals surface area (Å²) in [6.07, 6.45) is 0. The summed E-state index contributed by atoms with van der Waals surface area (Å²) < 4.78 is 15.4. The van der Waals surface area contributed by atoms with E-state index < -0.39 is 0 Å². The van der Waals surface area contributed by atoms with Gasteiger partial charge in [0.2, 0.25) is 0 Å². The smallest absolute Gasteiger partial charge is 0.167 e. The first-order valence-corrected chi connectivity index (χ1v) is 21.1. The zero-order valence-corrected chi connectivity index (χ0v) is 33.7. The molecule has 0 saturated carbocycles. The molecule has 0 saturated heterocycles. The van der Waals surface area contributed by atoms with Gasteiger partial charge in [-0.05, 0) is 95.1 Å². The molecule has 4 aromatic heterocycles. The molecule has 13 rings (SSSR count). The molecule has 0 aliphatic carbocycles. The number of aromatic nitrogens is 4. The SMILES string of the molecule is c1ccc(-c2ccc3c(c2)c2cc(-c4ccc5oc6cc(-c7nc(-c8ccccc8)nc(-c8cccc9c8oc8ccccc89)n7)ccc6c5c4)ccc2n3-c2ccccc2)cc1. The van der Waals surface area contributed by atoms with Gasteiger partial charge in [-0.25, -0.2) is 15.0 Å². The second kappa shape index (κ2) is 14.0. The molecule has 0 fully saturated rings. The van der Waals surface area contributed by atoms with E-state index in [0.29, 0.717) is 17.5 Å². The van der Waals surface area contributed by atoms with Crippen LogP contribution in [0.2, 0.25) is 0 Å². The molecule has 13 aromatic rings. The van der Waals surface area contributed by atoms with Crippen molar-refractivity contribution in [2.45, 2.75) is 0 Å². The van der Waals surface area contributed by atoms with E-state index in [9.17, 15) is 0 Å². The summed E-state index contributed by atoms with van der Waals surface area (Å²) in [7, 11) is 0. The van der Waals surface area contributed by atoms with Crippen LogP contribution < -0.4 is 0 Å². The largest absolute Gasteiger partial charge is 0.456 e. The van der Waals surface area contributed by atoms with E-state index in [1.807, 2.05) is 66.7 Å². The Labute approximate surface area is 361 Å². The highest BCUT2D eigenvalue weighted by atomic mass is 16.3. The molecule has 0 N–H and O–H groups in total. The minimum atomic E-state index is 0.540. The Morgan fingerprint density at radius 3 is 1.59 bits per heavy atom. The van der Waals surface area contributed by atoms with Crippen molar-refractivity contribution >= 4 is 65.7 Å². The van der Waals surface area contributed by atoms with Gasteiger partial charge in [0, 0.05) is 49.1 Å². The number of rotatable bonds is 6. The number of para-hydroxylation sites is 3. The van der Waals surface area contributed by atoms with E-state index >= 15 is 0 Å². The average molecular weight is 807 g/mol. The summed E-state index contributed by atoms with van der Waals surface area (Å²) in [6.45, 7) is 0. The molecule has 9 aromatic carbocycles. The molecule has 0 amide bonds. The average Bonchev–Trinajstić information content (AvgIpc) is 4.03. The van der Waals surface area contributed by atoms with Crippen LogP contribution in [0.3, 0.4) is 0 Å². The summed E-state index contributed by atoms with van der Waals surface area (Å²) >= 11 is 0. The van der Waals surface area contributed by atoms with Gasteiger partial charge in [0.1, 0.15) is 22.3 Å². The Bertz CT molecular complexity index is 3900. The molecule has 0 aliphatic rings. The minimum absolute atomic E-state index is 0.540. The number of hydrogen-bond acceptors (Lipinski definition) is 5. The Kier molecular flexibility index (Phi) is 7.80. The van der Waals surface area contributed by atoms with Crippen molar-refractivity contribution in [2.24, 2.45) is 0 Å². The maximum absolute atomic E-state index is 6.57. The molecular weight excluding hydrogens is 773 g/mol. The number of nitrogens with zero attached hydrogens (tertiary/aromatic N) is 4. The van der Waals surface area contributed by atoms with E-state index in [-0.39, 0.29) is 0 Å². The molecule has 0 atom stereocenters. The van der Waals surface area contributed by atoms with Gasteiger partial charge in [-0.15, -0.1) is 0 Å². The van der Waals surface area contributed by atoms with Gasteiger partial charge in [0.05, 0.1) is 16.6 Å². The van der Waals surface area contributed by atoms with E-state index in [1.54, 1.807) is 0 Å². The first-order valence-electron chi connectivity index (χ1n) is 21.1. The Hall–Kier alpha value is -8.61. The number of benzene rings is 9. The highest BCUT2D eigenvalue weighted by molar-refractivity contribution is 6.13. The van der Waals surface area contributed by atoms with E-state index in [2.05, 4.69) is 144 Å². The lowest BCUT2D eigenvalue weighted by Gasteiger charge is -2.09. The normalized spacial score (nSPS) is 11.8. The zero-order chi connectivity index (χ0) is 41.4. The summed E-state index contributed by atoms with van der Waals surface area (Å²) in [6, 6.07) is 71.8. The highest BCUT2D eigenvalue weighted by Gasteiger charge is 2.20. The number of furan rings is 2. The van der Waals surface area contributed by atoms with Gasteiger partial charge in [-0.2, -0.15) is 0 Å². The van der Waals surface area contributed by atoms with Crippen LogP contribution in [0.25, 0.3) is 128 Å². The highest BCUT2D eigenvalue weighted by Crippen LogP contribution is 2.40. The van der Waals surface area contributed by atoms with Crippen molar-refractivity contribution in [3.8, 4) is 62.1 Å². The van der Waals surface area contributed by atoms with Crippen LogP contribution in [0.4, 0.5) is 0 Å². The lowest BCUT2D eigenvalue weighted by Crippen LogP contribution is -2.00. The molecule has 294 valence electrons. The first-order chi connectivity index (χ1) is 31.2. The van der Waals surface area contributed by atoms with Gasteiger partial charge in [0.25, 0.3) is 0 Å². The van der Waals surface area contributed by atoms with Gasteiger partial charge in [-0.3, -0.25) is 0 Å². The predicted octanol–water partition coefficient (Wildman–Crippen LogP) is 15.1. The van der Waals surface area contributed by atoms with Gasteiger partial charge in [0.15, 0.2) is 17.5 Å². The van der Waals surface area contributed by atoms with Crippen LogP contribution in [0.5, 0.6) is 0 Å². The quantitative estimate of drug-likeness (QED) is 0.167. The van der Waals surface area contributed by atoms with Crippen LogP contribution in [0, 0.1) is 0 Å². The molecule has 0 aliphatic heterocycles. The Morgan fingerprint density at radius 2 is 0.841 bits per heavy atom. The minimum Gasteiger partial charge on any atom is -0.456 e. The lowest BCUT2D eigenvalue weighted by atomic mass is 9.99. The molecule has 0 unspecified atom stereocenters. The second-order valence-corrected chi connectivity index (χ2v) is 16.0. The van der Waals surface area contributed by atoms with Crippen LogP contribution in [-0.4, -0.2) is 19.5 Å². The van der Waals surface area contributed by atoms with Gasteiger partial charge >= 0.3 is 0 Å². The standard InChI is InChI=1S/C57H34N4O2/c1-4-13-35(14-5-1)37-24-28-49-46(31-37)47-32-38(25-29-50(47)61(49)41-17-8-3-9-18-41)39-26-30-52-48(33-39)43-27-23-40(34-53(43)62-52)56-58-55(36-15-6-2-7-16-36)59-57(60-56)45-21-12-20-44-42-19-10-11-22-51(42)63-54(44)45/h1-34H. The fraction of sp³-hybridized carbons (Fsp3) is 0. The molecule has 0 spiro atoms. The molecular formula is C57H34N4O2. The summed E-state index contributed by atoms with van der Waals surface area (Å²) in [4.78, 5) is 15.1. The van der Waals surface area contributed by atoms with Crippen molar-refractivity contribution in [3.63, 3.8) is 0 Å². The first kappa shape index (κ1) is 35.2. The molecule has 63 heavy (non-hydrogen) atoms. The third kappa shape index (κ3) is 5.76. The van der Waals surface area contributed by atoms with Crippen molar-refractivity contribution in [1.82, 2.24) is 19.5 Å². The molecule has 6 nitrogen and oxygen atoms in total. The van der Waals surface area contributed by atoms with Crippen molar-refractivity contribution in [2.75, 3.05) is 0 Å². The maximum Gasteiger partial charge on any atom is 0.167 e. The second-order valence-electron chi connectivity index (χ2n) is 16.0. The topological polar surface area (TPSA) is 69.9 Å². The number of fused-ring (bicyclic) bond motifs is 9. The third-order valence-electron chi connectivity index (χ3n) is 12.3. The predicted molar refractivity (Wildman–Crippen MR) is 256 cm³/mol. The molecule has 0 radical (unpaired) electrons. The van der Waals surface area contributed by atoms with Gasteiger partial charge in [-0.1, -0.05) is 133 Å². The Morgan fingerprint density at radius 1 is 0.302 bits per heavy atom. The van der Waals surface area contributed by atoms with Crippen molar-refractivity contribution in [3.05, 3.63) is 206 Å². The van der Waals surface area contributed by atoms with Crippen LogP contribution >= 0.6 is 0 Å².